The molecule has 0 spiro atoms. The molecule has 3 heteroatoms. The number of esters is 1. The van der Waals surface area contributed by atoms with Crippen LogP contribution in [0.25, 0.3) is 0 Å². The third-order valence-electron chi connectivity index (χ3n) is 6.29. The second kappa shape index (κ2) is 5.26. The van der Waals surface area contributed by atoms with Gasteiger partial charge in [0, 0.05) is 24.3 Å². The van der Waals surface area contributed by atoms with E-state index in [0.29, 0.717) is 29.6 Å². The summed E-state index contributed by atoms with van der Waals surface area (Å²) in [5.74, 6) is 1.61. The van der Waals surface area contributed by atoms with E-state index in [0.717, 1.165) is 32.1 Å². The van der Waals surface area contributed by atoms with Crippen LogP contribution < -0.4 is 0 Å². The van der Waals surface area contributed by atoms with Gasteiger partial charge >= 0.3 is 5.97 Å². The number of Topliss-reactive ketones (excluding diaryl/α,β-unsaturated/α-hetero) is 1. The van der Waals surface area contributed by atoms with Gasteiger partial charge in [-0.25, -0.2) is 4.79 Å². The molecule has 3 rings (SSSR count). The summed E-state index contributed by atoms with van der Waals surface area (Å²) in [7, 11) is 0. The number of ketones is 1. The van der Waals surface area contributed by atoms with Gasteiger partial charge in [-0.05, 0) is 49.4 Å². The van der Waals surface area contributed by atoms with Crippen LogP contribution >= 0.6 is 0 Å². The largest absolute Gasteiger partial charge is 0.459 e. The minimum Gasteiger partial charge on any atom is -0.459 e. The number of carbonyl (C=O) groups excluding carboxylic acids is 2. The Labute approximate surface area is 127 Å². The summed E-state index contributed by atoms with van der Waals surface area (Å²) in [6, 6.07) is 0. The molecule has 0 amide bonds. The summed E-state index contributed by atoms with van der Waals surface area (Å²) in [4.78, 5) is 23.7. The highest BCUT2D eigenvalue weighted by molar-refractivity contribution is 5.89. The van der Waals surface area contributed by atoms with E-state index in [2.05, 4.69) is 20.4 Å². The molecule has 0 aromatic heterocycles. The number of ether oxygens (including phenoxy) is 1. The van der Waals surface area contributed by atoms with E-state index in [1.165, 1.54) is 6.42 Å². The second-order valence-corrected chi connectivity index (χ2v) is 7.61. The quantitative estimate of drug-likeness (QED) is 0.588. The maximum atomic E-state index is 12.2. The van der Waals surface area contributed by atoms with E-state index in [1.54, 1.807) is 0 Å². The molecular weight excluding hydrogens is 264 g/mol. The van der Waals surface area contributed by atoms with Crippen molar-refractivity contribution in [3.05, 3.63) is 12.2 Å². The predicted octanol–water partition coefficient (Wildman–Crippen LogP) is 3.67. The molecule has 116 valence electrons. The predicted molar refractivity (Wildman–Crippen MR) is 80.6 cm³/mol. The maximum Gasteiger partial charge on any atom is 0.333 e. The van der Waals surface area contributed by atoms with E-state index in [-0.39, 0.29) is 23.4 Å². The smallest absolute Gasteiger partial charge is 0.333 e. The Morgan fingerprint density at radius 1 is 1.38 bits per heavy atom. The highest BCUT2D eigenvalue weighted by atomic mass is 16.5. The summed E-state index contributed by atoms with van der Waals surface area (Å²) < 4.78 is 5.39. The SMILES string of the molecule is C=C1CC(C[C@@H](C)C2CCC3C(=O)CCC[C@@]32C)OC1=O. The van der Waals surface area contributed by atoms with Crippen LogP contribution in [-0.4, -0.2) is 17.9 Å². The molecule has 2 aliphatic carbocycles. The monoisotopic (exact) mass is 290 g/mol. The first-order valence-corrected chi connectivity index (χ1v) is 8.33. The molecule has 3 nitrogen and oxygen atoms in total. The fourth-order valence-corrected chi connectivity index (χ4v) is 5.25. The summed E-state index contributed by atoms with van der Waals surface area (Å²) >= 11 is 0. The minimum atomic E-state index is -0.226. The van der Waals surface area contributed by atoms with Gasteiger partial charge in [-0.15, -0.1) is 0 Å². The van der Waals surface area contributed by atoms with Crippen molar-refractivity contribution in [2.45, 2.75) is 64.9 Å². The molecule has 1 aliphatic heterocycles. The Bertz CT molecular complexity index is 465. The first-order chi connectivity index (χ1) is 9.91. The van der Waals surface area contributed by atoms with E-state index >= 15 is 0 Å². The van der Waals surface area contributed by atoms with Crippen LogP contribution in [0.5, 0.6) is 0 Å². The fraction of sp³-hybridized carbons (Fsp3) is 0.778. The molecule has 5 atom stereocenters. The first-order valence-electron chi connectivity index (χ1n) is 8.33. The molecule has 0 bridgehead atoms. The maximum absolute atomic E-state index is 12.2. The third kappa shape index (κ3) is 2.45. The van der Waals surface area contributed by atoms with Crippen LogP contribution in [0.4, 0.5) is 0 Å². The molecule has 21 heavy (non-hydrogen) atoms. The number of carbonyl (C=O) groups is 2. The van der Waals surface area contributed by atoms with E-state index < -0.39 is 0 Å². The molecule has 0 radical (unpaired) electrons. The molecule has 3 unspecified atom stereocenters. The third-order valence-corrected chi connectivity index (χ3v) is 6.29. The fourth-order valence-electron chi connectivity index (χ4n) is 5.25. The highest BCUT2D eigenvalue weighted by Gasteiger charge is 2.52. The summed E-state index contributed by atoms with van der Waals surface area (Å²) in [5.41, 5.74) is 0.782. The Hall–Kier alpha value is -1.12. The Morgan fingerprint density at radius 2 is 2.14 bits per heavy atom. The number of hydrogen-bond donors (Lipinski definition) is 0. The van der Waals surface area contributed by atoms with Gasteiger partial charge in [0.2, 0.25) is 0 Å². The lowest BCUT2D eigenvalue weighted by Crippen LogP contribution is -2.39. The lowest BCUT2D eigenvalue weighted by atomic mass is 9.62. The van der Waals surface area contributed by atoms with Crippen molar-refractivity contribution in [3.8, 4) is 0 Å². The minimum absolute atomic E-state index is 0.00180. The van der Waals surface area contributed by atoms with E-state index in [4.69, 9.17) is 4.74 Å². The van der Waals surface area contributed by atoms with Crippen LogP contribution in [0.1, 0.15) is 58.8 Å². The van der Waals surface area contributed by atoms with Gasteiger partial charge in [-0.2, -0.15) is 0 Å². The van der Waals surface area contributed by atoms with Crippen molar-refractivity contribution < 1.29 is 14.3 Å². The molecule has 0 aromatic carbocycles. The zero-order chi connectivity index (χ0) is 15.2. The lowest BCUT2D eigenvalue weighted by Gasteiger charge is -2.42. The van der Waals surface area contributed by atoms with Crippen molar-refractivity contribution in [3.63, 3.8) is 0 Å². The van der Waals surface area contributed by atoms with E-state index in [1.807, 2.05) is 0 Å². The molecule has 1 saturated heterocycles. The first kappa shape index (κ1) is 14.8. The van der Waals surface area contributed by atoms with Crippen LogP contribution in [0.3, 0.4) is 0 Å². The normalized spacial score (nSPS) is 41.0. The van der Waals surface area contributed by atoms with Gasteiger partial charge in [-0.3, -0.25) is 4.79 Å². The van der Waals surface area contributed by atoms with Crippen molar-refractivity contribution in [1.29, 1.82) is 0 Å². The Morgan fingerprint density at radius 3 is 2.81 bits per heavy atom. The van der Waals surface area contributed by atoms with Crippen molar-refractivity contribution in [2.75, 3.05) is 0 Å². The Kier molecular flexibility index (Phi) is 3.71. The highest BCUT2D eigenvalue weighted by Crippen LogP contribution is 2.57. The van der Waals surface area contributed by atoms with Crippen LogP contribution in [-0.2, 0) is 14.3 Å². The lowest BCUT2D eigenvalue weighted by molar-refractivity contribution is -0.139. The average Bonchev–Trinajstić information content (AvgIpc) is 2.91. The number of fused-ring (bicyclic) bond motifs is 1. The van der Waals surface area contributed by atoms with Gasteiger partial charge in [0.05, 0.1) is 0 Å². The molecule has 0 aromatic rings. The van der Waals surface area contributed by atoms with Crippen molar-refractivity contribution in [2.24, 2.45) is 23.2 Å². The summed E-state index contributed by atoms with van der Waals surface area (Å²) in [6.45, 7) is 8.35. The zero-order valence-electron chi connectivity index (χ0n) is 13.2. The topological polar surface area (TPSA) is 43.4 Å². The zero-order valence-corrected chi connectivity index (χ0v) is 13.2. The standard InChI is InChI=1S/C18H26O3/c1-11(9-13-10-12(2)17(20)21-13)14-6-7-15-16(19)5-4-8-18(14,15)3/h11,13-15H,2,4-10H2,1,3H3/t11-,13?,14?,15?,18-/m1/s1. The van der Waals surface area contributed by atoms with Crippen LogP contribution in [0, 0.1) is 23.2 Å². The summed E-state index contributed by atoms with van der Waals surface area (Å²) in [6.07, 6.45) is 6.79. The number of hydrogen-bond acceptors (Lipinski definition) is 3. The molecule has 2 saturated carbocycles. The Balaban J connectivity index is 1.68. The number of rotatable bonds is 3. The van der Waals surface area contributed by atoms with Gasteiger partial charge in [0.15, 0.2) is 0 Å². The van der Waals surface area contributed by atoms with Crippen molar-refractivity contribution in [1.82, 2.24) is 0 Å². The van der Waals surface area contributed by atoms with Crippen LogP contribution in [0.2, 0.25) is 0 Å². The van der Waals surface area contributed by atoms with Gasteiger partial charge in [0.25, 0.3) is 0 Å². The number of cyclic esters (lactones) is 1. The average molecular weight is 290 g/mol. The molecule has 3 aliphatic rings. The van der Waals surface area contributed by atoms with Crippen molar-refractivity contribution >= 4 is 11.8 Å². The summed E-state index contributed by atoms with van der Waals surface area (Å²) in [5, 5.41) is 0. The van der Waals surface area contributed by atoms with Gasteiger partial charge < -0.3 is 4.74 Å². The van der Waals surface area contributed by atoms with Gasteiger partial charge in [0.1, 0.15) is 11.9 Å². The molecular formula is C18H26O3. The van der Waals surface area contributed by atoms with Crippen LogP contribution in [0.15, 0.2) is 12.2 Å². The molecule has 3 fully saturated rings. The van der Waals surface area contributed by atoms with Gasteiger partial charge in [-0.1, -0.05) is 20.4 Å². The molecule has 0 N–H and O–H groups in total. The second-order valence-electron chi connectivity index (χ2n) is 7.61. The van der Waals surface area contributed by atoms with E-state index in [9.17, 15) is 9.59 Å². The molecule has 1 heterocycles.